The van der Waals surface area contributed by atoms with Crippen molar-refractivity contribution in [2.75, 3.05) is 0 Å². The molecule has 6 nitrogen and oxygen atoms in total. The second-order valence-electron chi connectivity index (χ2n) is 27.5. The van der Waals surface area contributed by atoms with Crippen LogP contribution < -0.4 is 0 Å². The maximum absolute atomic E-state index is 5.17. The molecule has 3 heterocycles. The SMILES string of the molecule is c1ccc(-c2ccc(-c3nc(-c4ccccc4)nc4c3cc(-c3ccccc3)c3ccccc34)cc2)cc1.c1ccc(-c2nc(-c3ccccc3)c3cc(-c4ccc5ccccc5c4)c4ccccc4c3n2)cc1.c1ccc(-c2nc(-c3ccccc3)c3cc(-c4cccc5ccccc45)c4ccccc4c3n2)cc1. The molecule has 3 aromatic heterocycles. The summed E-state index contributed by atoms with van der Waals surface area (Å²) in [5.41, 5.74) is 21.6. The maximum Gasteiger partial charge on any atom is 0.160 e. The molecule has 0 saturated carbocycles. The first kappa shape index (κ1) is 66.0. The van der Waals surface area contributed by atoms with Gasteiger partial charge in [-0.2, -0.15) is 0 Å². The van der Waals surface area contributed by atoms with E-state index >= 15 is 0 Å². The zero-order chi connectivity index (χ0) is 73.1. The Balaban J connectivity index is 0.000000112. The smallest absolute Gasteiger partial charge is 0.160 e. The van der Waals surface area contributed by atoms with Crippen molar-refractivity contribution in [1.29, 1.82) is 0 Å². The van der Waals surface area contributed by atoms with Gasteiger partial charge >= 0.3 is 0 Å². The van der Waals surface area contributed by atoms with Gasteiger partial charge in [-0.05, 0) is 106 Å². The molecule has 6 heteroatoms. The number of hydrogen-bond donors (Lipinski definition) is 0. The molecule has 0 amide bonds. The third kappa shape index (κ3) is 12.8. The summed E-state index contributed by atoms with van der Waals surface area (Å²) in [6, 6.07) is 144. The van der Waals surface area contributed by atoms with E-state index < -0.39 is 0 Å². The standard InChI is InChI=1S/C36H24N2.2C34H22N2/c1-4-12-25(13-5-1)26-20-22-28(23-21-26)34-33-24-32(27-14-6-2-7-15-27)30-18-10-11-19-31(30)35(33)38-36(37-34)29-16-8-3-9-17-29;1-3-13-24(14-4-1)32-31-22-30(27-21-11-17-23-12-7-8-18-26(23)27)28-19-9-10-20-29(28)33(31)36-34(35-32)25-15-5-2-6-16-25;1-3-12-24(13-4-1)32-31-22-30(27-20-19-23-11-7-8-16-26(23)21-27)28-17-9-10-18-29(28)33(31)36-34(35-32)25-14-5-2-6-15-25/h1-24H;2*1-22H. The number of hydrogen-bond acceptors (Lipinski definition) is 6. The molecule has 0 aliphatic heterocycles. The van der Waals surface area contributed by atoms with E-state index in [0.29, 0.717) is 0 Å². The monoisotopic (exact) mass is 1400 g/mol. The highest BCUT2D eigenvalue weighted by molar-refractivity contribution is 6.19. The van der Waals surface area contributed by atoms with E-state index in [-0.39, 0.29) is 0 Å². The van der Waals surface area contributed by atoms with E-state index in [2.05, 4.69) is 340 Å². The number of benzene rings is 18. The topological polar surface area (TPSA) is 77.3 Å². The van der Waals surface area contributed by atoms with Gasteiger partial charge in [0.15, 0.2) is 17.5 Å². The Labute approximate surface area is 637 Å². The fraction of sp³-hybridized carbons (Fsp3) is 0. The molecule has 0 aliphatic carbocycles. The highest BCUT2D eigenvalue weighted by Gasteiger charge is 2.22. The summed E-state index contributed by atoms with van der Waals surface area (Å²) in [5, 5.41) is 15.1. The lowest BCUT2D eigenvalue weighted by molar-refractivity contribution is 1.23. The minimum atomic E-state index is 0.734. The average Bonchev–Trinajstić information content (AvgIpc) is 0.746. The third-order valence-electron chi connectivity index (χ3n) is 20.8. The molecule has 0 bridgehead atoms. The molecule has 0 spiro atoms. The highest BCUT2D eigenvalue weighted by atomic mass is 14.9. The van der Waals surface area contributed by atoms with Crippen molar-refractivity contribution >= 4 is 86.6 Å². The lowest BCUT2D eigenvalue weighted by Crippen LogP contribution is -1.97. The van der Waals surface area contributed by atoms with Gasteiger partial charge in [-0.15, -0.1) is 0 Å². The van der Waals surface area contributed by atoms with E-state index in [1.54, 1.807) is 0 Å². The first-order chi connectivity index (χ1) is 54.6. The van der Waals surface area contributed by atoms with Gasteiger partial charge in [0, 0.05) is 65.7 Å². The number of aromatic nitrogens is 6. The Morgan fingerprint density at radius 2 is 0.409 bits per heavy atom. The normalized spacial score (nSPS) is 11.3. The van der Waals surface area contributed by atoms with Gasteiger partial charge in [0.25, 0.3) is 0 Å². The second kappa shape index (κ2) is 29.3. The van der Waals surface area contributed by atoms with E-state index in [0.717, 1.165) is 117 Å². The first-order valence-electron chi connectivity index (χ1n) is 37.2. The van der Waals surface area contributed by atoms with Gasteiger partial charge in [0.1, 0.15) is 0 Å². The van der Waals surface area contributed by atoms with Crippen LogP contribution in [-0.4, -0.2) is 29.9 Å². The Kier molecular flexibility index (Phi) is 17.6. The molecule has 21 rings (SSSR count). The molecule has 0 fully saturated rings. The van der Waals surface area contributed by atoms with Crippen LogP contribution in [0.2, 0.25) is 0 Å². The summed E-state index contributed by atoms with van der Waals surface area (Å²) in [7, 11) is 0. The molecule has 0 saturated heterocycles. The van der Waals surface area contributed by atoms with Crippen LogP contribution in [0.3, 0.4) is 0 Å². The number of nitrogens with zero attached hydrogens (tertiary/aromatic N) is 6. The van der Waals surface area contributed by atoms with Crippen molar-refractivity contribution in [3.05, 3.63) is 413 Å². The summed E-state index contributed by atoms with van der Waals surface area (Å²) in [5.74, 6) is 2.22. The van der Waals surface area contributed by atoms with Crippen LogP contribution in [0.25, 0.3) is 199 Å². The summed E-state index contributed by atoms with van der Waals surface area (Å²) >= 11 is 0. The van der Waals surface area contributed by atoms with E-state index in [9.17, 15) is 0 Å². The Bertz CT molecular complexity index is 6950. The lowest BCUT2D eigenvalue weighted by atomic mass is 9.91. The first-order valence-corrected chi connectivity index (χ1v) is 37.2. The van der Waals surface area contributed by atoms with Crippen LogP contribution in [0, 0.1) is 0 Å². The molecule has 514 valence electrons. The summed E-state index contributed by atoms with van der Waals surface area (Å²) in [4.78, 5) is 30.9. The van der Waals surface area contributed by atoms with Crippen LogP contribution in [0.15, 0.2) is 413 Å². The molecule has 0 aliphatic rings. The van der Waals surface area contributed by atoms with Crippen LogP contribution in [-0.2, 0) is 0 Å². The molecular weight excluding hydrogens is 1330 g/mol. The van der Waals surface area contributed by atoms with Crippen molar-refractivity contribution in [1.82, 2.24) is 29.9 Å². The van der Waals surface area contributed by atoms with Gasteiger partial charge < -0.3 is 0 Å². The average molecular weight is 1400 g/mol. The molecule has 0 radical (unpaired) electrons. The highest BCUT2D eigenvalue weighted by Crippen LogP contribution is 2.44. The van der Waals surface area contributed by atoms with Gasteiger partial charge in [0.05, 0.1) is 33.6 Å². The zero-order valence-corrected chi connectivity index (χ0v) is 59.9. The second-order valence-corrected chi connectivity index (χ2v) is 27.5. The third-order valence-corrected chi connectivity index (χ3v) is 20.8. The van der Waals surface area contributed by atoms with E-state index in [1.165, 1.54) is 82.2 Å². The molecule has 0 unspecified atom stereocenters. The Morgan fingerprint density at radius 3 is 0.845 bits per heavy atom. The zero-order valence-electron chi connectivity index (χ0n) is 59.9. The van der Waals surface area contributed by atoms with Crippen LogP contribution in [0.5, 0.6) is 0 Å². The summed E-state index contributed by atoms with van der Waals surface area (Å²) in [6.07, 6.45) is 0. The van der Waals surface area contributed by atoms with Gasteiger partial charge in [0.2, 0.25) is 0 Å². The maximum atomic E-state index is 5.17. The Hall–Kier alpha value is -14.7. The molecular formula is C104H68N6. The predicted octanol–water partition coefficient (Wildman–Crippen LogP) is 27.3. The van der Waals surface area contributed by atoms with Gasteiger partial charge in [-0.25, -0.2) is 29.9 Å². The molecule has 0 atom stereocenters. The largest absolute Gasteiger partial charge is 0.227 e. The van der Waals surface area contributed by atoms with E-state index in [1.807, 2.05) is 72.8 Å². The summed E-state index contributed by atoms with van der Waals surface area (Å²) in [6.45, 7) is 0. The van der Waals surface area contributed by atoms with Crippen molar-refractivity contribution in [3.63, 3.8) is 0 Å². The number of fused-ring (bicyclic) bond motifs is 11. The summed E-state index contributed by atoms with van der Waals surface area (Å²) < 4.78 is 0. The molecule has 110 heavy (non-hydrogen) atoms. The van der Waals surface area contributed by atoms with Crippen LogP contribution in [0.4, 0.5) is 0 Å². The fourth-order valence-electron chi connectivity index (χ4n) is 15.5. The van der Waals surface area contributed by atoms with Crippen molar-refractivity contribution < 1.29 is 0 Å². The molecule has 0 N–H and O–H groups in total. The Morgan fingerprint density at radius 1 is 0.127 bits per heavy atom. The predicted molar refractivity (Wildman–Crippen MR) is 461 cm³/mol. The quantitative estimate of drug-likeness (QED) is 0.127. The number of rotatable bonds is 10. The van der Waals surface area contributed by atoms with Crippen molar-refractivity contribution in [3.8, 4) is 112 Å². The molecule has 18 aromatic carbocycles. The van der Waals surface area contributed by atoms with Crippen molar-refractivity contribution in [2.24, 2.45) is 0 Å². The van der Waals surface area contributed by atoms with E-state index in [4.69, 9.17) is 29.9 Å². The minimum Gasteiger partial charge on any atom is -0.227 e. The minimum absolute atomic E-state index is 0.734. The van der Waals surface area contributed by atoms with Gasteiger partial charge in [-0.3, -0.25) is 0 Å². The van der Waals surface area contributed by atoms with Gasteiger partial charge in [-0.1, -0.05) is 388 Å². The van der Waals surface area contributed by atoms with Crippen molar-refractivity contribution in [2.45, 2.75) is 0 Å². The lowest BCUT2D eigenvalue weighted by Gasteiger charge is -2.16. The van der Waals surface area contributed by atoms with Crippen LogP contribution >= 0.6 is 0 Å². The fourth-order valence-corrected chi connectivity index (χ4v) is 15.5. The van der Waals surface area contributed by atoms with Crippen LogP contribution in [0.1, 0.15) is 0 Å². The molecule has 21 aromatic rings.